The van der Waals surface area contributed by atoms with Crippen LogP contribution in [0.5, 0.6) is 0 Å². The lowest BCUT2D eigenvalue weighted by molar-refractivity contribution is -0.148. The fraction of sp³-hybridized carbons (Fsp3) is 0.286. The fourth-order valence-corrected chi connectivity index (χ4v) is 2.93. The standard InChI is InChI=1S/C14H14N2O5S/c17-11(15-9-4-2-1-3-5-9)8-22-10-6-12(18)16(14(10)21)7-13(19)20/h1-5,10H,6-8H2,(H,15,17)(H,19,20)/t10-/m1/s1. The number of likely N-dealkylation sites (tertiary alicyclic amines) is 1. The normalized spacial score (nSPS) is 17.6. The topological polar surface area (TPSA) is 104 Å². The van der Waals surface area contributed by atoms with Crippen LogP contribution in [0.4, 0.5) is 5.69 Å². The van der Waals surface area contributed by atoms with Crippen LogP contribution in [0.25, 0.3) is 0 Å². The molecule has 1 saturated heterocycles. The molecule has 0 unspecified atom stereocenters. The van der Waals surface area contributed by atoms with E-state index in [4.69, 9.17) is 5.11 Å². The zero-order chi connectivity index (χ0) is 16.1. The summed E-state index contributed by atoms with van der Waals surface area (Å²) in [6, 6.07) is 8.87. The van der Waals surface area contributed by atoms with Crippen molar-refractivity contribution < 1.29 is 24.3 Å². The Hall–Kier alpha value is -2.35. The molecule has 116 valence electrons. The summed E-state index contributed by atoms with van der Waals surface area (Å²) in [5.74, 6) is -2.58. The van der Waals surface area contributed by atoms with E-state index in [2.05, 4.69) is 5.32 Å². The summed E-state index contributed by atoms with van der Waals surface area (Å²) in [7, 11) is 0. The number of para-hydroxylation sites is 1. The minimum atomic E-state index is -1.24. The lowest BCUT2D eigenvalue weighted by Crippen LogP contribution is -2.36. The van der Waals surface area contributed by atoms with Crippen LogP contribution in [0.1, 0.15) is 6.42 Å². The Morgan fingerprint density at radius 1 is 1.27 bits per heavy atom. The molecule has 1 heterocycles. The molecule has 0 spiro atoms. The van der Waals surface area contributed by atoms with Gasteiger partial charge in [0.2, 0.25) is 17.7 Å². The van der Waals surface area contributed by atoms with Crippen molar-refractivity contribution in [1.82, 2.24) is 4.90 Å². The number of carboxylic acid groups (broad SMARTS) is 1. The molecule has 3 amide bonds. The molecule has 0 radical (unpaired) electrons. The molecule has 2 N–H and O–H groups in total. The number of benzene rings is 1. The number of thioether (sulfide) groups is 1. The minimum Gasteiger partial charge on any atom is -0.480 e. The number of carbonyl (C=O) groups excluding carboxylic acids is 3. The first-order chi connectivity index (χ1) is 10.5. The van der Waals surface area contributed by atoms with Crippen molar-refractivity contribution in [2.45, 2.75) is 11.7 Å². The lowest BCUT2D eigenvalue weighted by Gasteiger charge is -2.11. The highest BCUT2D eigenvalue weighted by molar-refractivity contribution is 8.01. The molecule has 1 aliphatic heterocycles. The number of hydrogen-bond acceptors (Lipinski definition) is 5. The Kier molecular flexibility index (Phi) is 5.16. The van der Waals surface area contributed by atoms with E-state index in [0.29, 0.717) is 5.69 Å². The highest BCUT2D eigenvalue weighted by Gasteiger charge is 2.39. The third-order valence-electron chi connectivity index (χ3n) is 2.97. The summed E-state index contributed by atoms with van der Waals surface area (Å²) >= 11 is 1.04. The number of anilines is 1. The van der Waals surface area contributed by atoms with Crippen LogP contribution in [0.15, 0.2) is 30.3 Å². The van der Waals surface area contributed by atoms with Crippen molar-refractivity contribution >= 4 is 41.1 Å². The molecule has 7 nitrogen and oxygen atoms in total. The van der Waals surface area contributed by atoms with E-state index in [-0.39, 0.29) is 18.1 Å². The third-order valence-corrected chi connectivity index (χ3v) is 4.17. The van der Waals surface area contributed by atoms with Crippen LogP contribution < -0.4 is 5.32 Å². The molecule has 22 heavy (non-hydrogen) atoms. The summed E-state index contributed by atoms with van der Waals surface area (Å²) < 4.78 is 0. The van der Waals surface area contributed by atoms with E-state index in [1.165, 1.54) is 0 Å². The minimum absolute atomic E-state index is 0.0134. The van der Waals surface area contributed by atoms with E-state index in [1.54, 1.807) is 24.3 Å². The molecule has 1 aliphatic rings. The first-order valence-electron chi connectivity index (χ1n) is 6.50. The maximum atomic E-state index is 11.9. The van der Waals surface area contributed by atoms with Crippen LogP contribution in [0, 0.1) is 0 Å². The largest absolute Gasteiger partial charge is 0.480 e. The Bertz CT molecular complexity index is 605. The number of carbonyl (C=O) groups is 4. The molecule has 1 atom stereocenters. The van der Waals surface area contributed by atoms with Crippen molar-refractivity contribution in [3.8, 4) is 0 Å². The zero-order valence-electron chi connectivity index (χ0n) is 11.5. The maximum absolute atomic E-state index is 11.9. The molecular weight excluding hydrogens is 308 g/mol. The van der Waals surface area contributed by atoms with Gasteiger partial charge in [-0.2, -0.15) is 0 Å². The van der Waals surface area contributed by atoms with Gasteiger partial charge < -0.3 is 10.4 Å². The predicted octanol–water partition coefficient (Wildman–Crippen LogP) is 0.570. The van der Waals surface area contributed by atoms with Crippen LogP contribution in [-0.4, -0.2) is 51.2 Å². The van der Waals surface area contributed by atoms with Gasteiger partial charge in [0.25, 0.3) is 0 Å². The summed E-state index contributed by atoms with van der Waals surface area (Å²) in [4.78, 5) is 46.6. The van der Waals surface area contributed by atoms with Gasteiger partial charge >= 0.3 is 5.97 Å². The van der Waals surface area contributed by atoms with Crippen LogP contribution in [0.3, 0.4) is 0 Å². The molecule has 1 fully saturated rings. The highest BCUT2D eigenvalue weighted by atomic mass is 32.2. The first kappa shape index (κ1) is 16.0. The fourth-order valence-electron chi connectivity index (χ4n) is 1.98. The monoisotopic (exact) mass is 322 g/mol. The summed E-state index contributed by atoms with van der Waals surface area (Å²) in [5, 5.41) is 10.6. The molecule has 8 heteroatoms. The van der Waals surface area contributed by atoms with E-state index in [9.17, 15) is 19.2 Å². The Morgan fingerprint density at radius 3 is 2.59 bits per heavy atom. The molecule has 1 aromatic carbocycles. The Balaban J connectivity index is 1.84. The first-order valence-corrected chi connectivity index (χ1v) is 7.54. The number of carboxylic acids is 1. The van der Waals surface area contributed by atoms with Gasteiger partial charge in [-0.15, -0.1) is 11.8 Å². The summed E-state index contributed by atoms with van der Waals surface area (Å²) in [5.41, 5.74) is 0.648. The Morgan fingerprint density at radius 2 is 1.95 bits per heavy atom. The molecule has 0 bridgehead atoms. The SMILES string of the molecule is O=C(O)CN1C(=O)C[C@@H](SCC(=O)Nc2ccccc2)C1=O. The van der Waals surface area contributed by atoms with Crippen molar-refractivity contribution in [2.24, 2.45) is 0 Å². The smallest absolute Gasteiger partial charge is 0.323 e. The second-order valence-electron chi connectivity index (χ2n) is 4.63. The summed E-state index contributed by atoms with van der Waals surface area (Å²) in [6.45, 7) is -0.634. The molecule has 1 aromatic rings. The lowest BCUT2D eigenvalue weighted by atomic mass is 10.3. The second-order valence-corrected chi connectivity index (χ2v) is 5.82. The molecule has 2 rings (SSSR count). The number of aliphatic carboxylic acids is 1. The van der Waals surface area contributed by atoms with Gasteiger partial charge in [-0.1, -0.05) is 18.2 Å². The molecule has 0 saturated carbocycles. The van der Waals surface area contributed by atoms with E-state index in [1.807, 2.05) is 6.07 Å². The van der Waals surface area contributed by atoms with Crippen molar-refractivity contribution in [1.29, 1.82) is 0 Å². The average Bonchev–Trinajstić information content (AvgIpc) is 2.73. The van der Waals surface area contributed by atoms with E-state index >= 15 is 0 Å². The number of nitrogens with zero attached hydrogens (tertiary/aromatic N) is 1. The van der Waals surface area contributed by atoms with Gasteiger partial charge in [-0.25, -0.2) is 0 Å². The molecule has 0 aliphatic carbocycles. The van der Waals surface area contributed by atoms with Crippen LogP contribution >= 0.6 is 11.8 Å². The van der Waals surface area contributed by atoms with Gasteiger partial charge in [0.1, 0.15) is 6.54 Å². The number of rotatable bonds is 6. The van der Waals surface area contributed by atoms with Gasteiger partial charge in [-0.05, 0) is 12.1 Å². The van der Waals surface area contributed by atoms with Crippen molar-refractivity contribution in [2.75, 3.05) is 17.6 Å². The maximum Gasteiger partial charge on any atom is 0.323 e. The Labute approximate surface area is 130 Å². The predicted molar refractivity (Wildman–Crippen MR) is 80.3 cm³/mol. The second kappa shape index (κ2) is 7.08. The zero-order valence-corrected chi connectivity index (χ0v) is 12.3. The van der Waals surface area contributed by atoms with E-state index < -0.39 is 29.6 Å². The summed E-state index contributed by atoms with van der Waals surface area (Å²) in [6.07, 6.45) is -0.0740. The quantitative estimate of drug-likeness (QED) is 0.742. The molecule has 0 aromatic heterocycles. The van der Waals surface area contributed by atoms with Crippen molar-refractivity contribution in [3.05, 3.63) is 30.3 Å². The number of nitrogens with one attached hydrogen (secondary N) is 1. The van der Waals surface area contributed by atoms with Gasteiger partial charge in [0.05, 0.1) is 11.0 Å². The highest BCUT2D eigenvalue weighted by Crippen LogP contribution is 2.25. The van der Waals surface area contributed by atoms with Gasteiger partial charge in [0.15, 0.2) is 0 Å². The third kappa shape index (κ3) is 4.08. The number of imide groups is 1. The van der Waals surface area contributed by atoms with Crippen molar-refractivity contribution in [3.63, 3.8) is 0 Å². The van der Waals surface area contributed by atoms with Gasteiger partial charge in [0, 0.05) is 12.1 Å². The average molecular weight is 322 g/mol. The van der Waals surface area contributed by atoms with Gasteiger partial charge in [-0.3, -0.25) is 24.1 Å². The van der Waals surface area contributed by atoms with Crippen LogP contribution in [0.2, 0.25) is 0 Å². The number of amides is 3. The van der Waals surface area contributed by atoms with Crippen LogP contribution in [-0.2, 0) is 19.2 Å². The number of hydrogen-bond donors (Lipinski definition) is 2. The van der Waals surface area contributed by atoms with E-state index in [0.717, 1.165) is 16.7 Å². The molecular formula is C14H14N2O5S.